The number of rotatable bonds is 7. The molecule has 1 fully saturated rings. The lowest BCUT2D eigenvalue weighted by Gasteiger charge is -2.47. The summed E-state index contributed by atoms with van der Waals surface area (Å²) in [5.41, 5.74) is -1.20. The molecular weight excluding hydrogens is 272 g/mol. The fourth-order valence-corrected chi connectivity index (χ4v) is 3.44. The van der Waals surface area contributed by atoms with Crippen LogP contribution < -0.4 is 0 Å². The van der Waals surface area contributed by atoms with Crippen LogP contribution in [0.4, 0.5) is 0 Å². The van der Waals surface area contributed by atoms with Crippen LogP contribution in [-0.2, 0) is 19.3 Å². The summed E-state index contributed by atoms with van der Waals surface area (Å²) in [6.07, 6.45) is 2.67. The molecular formula is C16H24O5. The summed E-state index contributed by atoms with van der Waals surface area (Å²) in [7, 11) is 0. The highest BCUT2D eigenvalue weighted by molar-refractivity contribution is 5.94. The molecule has 0 saturated heterocycles. The van der Waals surface area contributed by atoms with Crippen LogP contribution in [0, 0.1) is 17.8 Å². The number of aldehydes is 1. The Bertz CT molecular complexity index is 442. The number of Topliss-reactive ketones (excluding diaryl/α,β-unsaturated/α-hetero) is 2. The van der Waals surface area contributed by atoms with Gasteiger partial charge in [0.1, 0.15) is 5.78 Å². The molecule has 1 N–H and O–H groups in total. The second kappa shape index (κ2) is 7.09. The normalized spacial score (nSPS) is 32.5. The van der Waals surface area contributed by atoms with Crippen LogP contribution >= 0.6 is 0 Å². The van der Waals surface area contributed by atoms with Gasteiger partial charge in [-0.2, -0.15) is 0 Å². The predicted octanol–water partition coefficient (Wildman–Crippen LogP) is 2.59. The molecule has 1 aliphatic rings. The van der Waals surface area contributed by atoms with Crippen LogP contribution in [0.3, 0.4) is 0 Å². The molecule has 0 aromatic rings. The average Bonchev–Trinajstić information content (AvgIpc) is 2.44. The molecule has 21 heavy (non-hydrogen) atoms. The van der Waals surface area contributed by atoms with E-state index in [1.165, 1.54) is 13.8 Å². The molecule has 0 amide bonds. The van der Waals surface area contributed by atoms with Gasteiger partial charge in [-0.25, -0.2) is 4.89 Å². The zero-order chi connectivity index (χ0) is 16.2. The van der Waals surface area contributed by atoms with Gasteiger partial charge in [0, 0.05) is 18.3 Å². The standard InChI is InChI=1S/C16H24O5/c1-10-5-7-15(12(3)13(4)19)16(9-17,21-20)14(10)8-6-11(2)18/h9-10,14-15,20H,3,5-8H2,1-2,4H3/t10-,14+,15?,16-/m1/s1. The molecule has 0 aromatic heterocycles. The second-order valence-corrected chi connectivity index (χ2v) is 6.10. The van der Waals surface area contributed by atoms with E-state index in [0.29, 0.717) is 25.5 Å². The minimum Gasteiger partial charge on any atom is -0.300 e. The minimum atomic E-state index is -1.49. The molecule has 0 heterocycles. The van der Waals surface area contributed by atoms with E-state index in [1.54, 1.807) is 0 Å². The third-order valence-corrected chi connectivity index (χ3v) is 4.74. The molecule has 0 radical (unpaired) electrons. The van der Waals surface area contributed by atoms with Gasteiger partial charge in [-0.1, -0.05) is 13.5 Å². The number of carbonyl (C=O) groups excluding carboxylic acids is 3. The summed E-state index contributed by atoms with van der Waals surface area (Å²) in [6.45, 7) is 8.60. The lowest BCUT2D eigenvalue weighted by molar-refractivity contribution is -0.340. The molecule has 5 nitrogen and oxygen atoms in total. The van der Waals surface area contributed by atoms with E-state index in [9.17, 15) is 19.6 Å². The van der Waals surface area contributed by atoms with E-state index >= 15 is 0 Å². The highest BCUT2D eigenvalue weighted by Gasteiger charge is 2.53. The Labute approximate surface area is 125 Å². The molecule has 0 aromatic carbocycles. The Morgan fingerprint density at radius 3 is 2.43 bits per heavy atom. The van der Waals surface area contributed by atoms with Crippen molar-refractivity contribution in [1.82, 2.24) is 0 Å². The largest absolute Gasteiger partial charge is 0.300 e. The SMILES string of the molecule is C=C(C(C)=O)C1CC[C@@H](C)[C@H](CCC(C)=O)[C@@]1(C=O)OO. The van der Waals surface area contributed by atoms with Crippen molar-refractivity contribution >= 4 is 17.9 Å². The van der Waals surface area contributed by atoms with Crippen LogP contribution in [-0.4, -0.2) is 28.7 Å². The van der Waals surface area contributed by atoms with Crippen molar-refractivity contribution in [3.05, 3.63) is 12.2 Å². The third-order valence-electron chi connectivity index (χ3n) is 4.74. The van der Waals surface area contributed by atoms with Gasteiger partial charge in [-0.05, 0) is 44.6 Å². The van der Waals surface area contributed by atoms with Crippen LogP contribution in [0.15, 0.2) is 12.2 Å². The zero-order valence-electron chi connectivity index (χ0n) is 12.9. The lowest BCUT2D eigenvalue weighted by Crippen LogP contribution is -2.55. The predicted molar refractivity (Wildman–Crippen MR) is 77.6 cm³/mol. The Morgan fingerprint density at radius 1 is 1.38 bits per heavy atom. The van der Waals surface area contributed by atoms with Gasteiger partial charge in [-0.15, -0.1) is 0 Å². The van der Waals surface area contributed by atoms with Gasteiger partial charge in [0.05, 0.1) is 0 Å². The molecule has 4 atom stereocenters. The van der Waals surface area contributed by atoms with Gasteiger partial charge in [0.15, 0.2) is 17.7 Å². The second-order valence-electron chi connectivity index (χ2n) is 6.10. The maximum absolute atomic E-state index is 11.7. The van der Waals surface area contributed by atoms with E-state index in [4.69, 9.17) is 0 Å². The Balaban J connectivity index is 3.17. The zero-order valence-corrected chi connectivity index (χ0v) is 12.9. The van der Waals surface area contributed by atoms with Crippen molar-refractivity contribution in [3.63, 3.8) is 0 Å². The summed E-state index contributed by atoms with van der Waals surface area (Å²) < 4.78 is 0. The van der Waals surface area contributed by atoms with Crippen molar-refractivity contribution in [3.8, 4) is 0 Å². The molecule has 0 bridgehead atoms. The molecule has 0 spiro atoms. The van der Waals surface area contributed by atoms with Crippen molar-refractivity contribution in [2.75, 3.05) is 0 Å². The molecule has 1 aliphatic carbocycles. The fraction of sp³-hybridized carbons (Fsp3) is 0.688. The summed E-state index contributed by atoms with van der Waals surface area (Å²) in [4.78, 5) is 39.2. The topological polar surface area (TPSA) is 80.7 Å². The molecule has 1 unspecified atom stereocenters. The van der Waals surface area contributed by atoms with Gasteiger partial charge in [0.2, 0.25) is 0 Å². The molecule has 1 saturated carbocycles. The summed E-state index contributed by atoms with van der Waals surface area (Å²) in [5, 5.41) is 9.43. The number of carbonyl (C=O) groups is 3. The highest BCUT2D eigenvalue weighted by Crippen LogP contribution is 2.47. The van der Waals surface area contributed by atoms with Crippen LogP contribution in [0.1, 0.15) is 46.5 Å². The fourth-order valence-electron chi connectivity index (χ4n) is 3.44. The quantitative estimate of drug-likeness (QED) is 0.338. The maximum Gasteiger partial charge on any atom is 0.168 e. The Hall–Kier alpha value is -1.33. The number of ketones is 2. The van der Waals surface area contributed by atoms with E-state index in [2.05, 4.69) is 11.5 Å². The highest BCUT2D eigenvalue weighted by atomic mass is 17.1. The van der Waals surface area contributed by atoms with Crippen molar-refractivity contribution in [1.29, 1.82) is 0 Å². The third kappa shape index (κ3) is 3.47. The monoisotopic (exact) mass is 296 g/mol. The summed E-state index contributed by atoms with van der Waals surface area (Å²) >= 11 is 0. The smallest absolute Gasteiger partial charge is 0.168 e. The first-order valence-electron chi connectivity index (χ1n) is 7.28. The number of hydrogen-bond acceptors (Lipinski definition) is 5. The van der Waals surface area contributed by atoms with Gasteiger partial charge < -0.3 is 4.79 Å². The number of hydrogen-bond donors (Lipinski definition) is 1. The van der Waals surface area contributed by atoms with Crippen molar-refractivity contribution in [2.45, 2.75) is 52.1 Å². The lowest BCUT2D eigenvalue weighted by atomic mass is 9.61. The summed E-state index contributed by atoms with van der Waals surface area (Å²) in [6, 6.07) is 0. The molecule has 1 rings (SSSR count). The van der Waals surface area contributed by atoms with Crippen LogP contribution in [0.5, 0.6) is 0 Å². The van der Waals surface area contributed by atoms with E-state index in [0.717, 1.165) is 6.42 Å². The van der Waals surface area contributed by atoms with Gasteiger partial charge in [0.25, 0.3) is 0 Å². The van der Waals surface area contributed by atoms with Crippen LogP contribution in [0.2, 0.25) is 0 Å². The van der Waals surface area contributed by atoms with Crippen molar-refractivity contribution in [2.24, 2.45) is 17.8 Å². The molecule has 118 valence electrons. The molecule has 5 heteroatoms. The molecule has 0 aliphatic heterocycles. The maximum atomic E-state index is 11.7. The van der Waals surface area contributed by atoms with E-state index < -0.39 is 11.5 Å². The van der Waals surface area contributed by atoms with Gasteiger partial charge >= 0.3 is 0 Å². The Morgan fingerprint density at radius 2 is 2.00 bits per heavy atom. The first kappa shape index (κ1) is 17.7. The van der Waals surface area contributed by atoms with Crippen molar-refractivity contribution < 1.29 is 24.5 Å². The van der Waals surface area contributed by atoms with Gasteiger partial charge in [-0.3, -0.25) is 14.8 Å². The summed E-state index contributed by atoms with van der Waals surface area (Å²) in [5.74, 6) is -0.960. The first-order valence-corrected chi connectivity index (χ1v) is 7.28. The average molecular weight is 296 g/mol. The van der Waals surface area contributed by atoms with Crippen LogP contribution in [0.25, 0.3) is 0 Å². The van der Waals surface area contributed by atoms with E-state index in [1.807, 2.05) is 6.92 Å². The minimum absolute atomic E-state index is 0.0208. The van der Waals surface area contributed by atoms with E-state index in [-0.39, 0.29) is 29.0 Å². The Kier molecular flexibility index (Phi) is 5.98. The first-order chi connectivity index (χ1) is 9.80.